The molecular weight excluding hydrogens is 256 g/mol. The Kier molecular flexibility index (Phi) is 3.98. The quantitative estimate of drug-likeness (QED) is 0.633. The summed E-state index contributed by atoms with van der Waals surface area (Å²) in [7, 11) is 1.77. The van der Waals surface area contributed by atoms with Crippen LogP contribution in [0.4, 0.5) is 0 Å². The Labute approximate surface area is 117 Å². The summed E-state index contributed by atoms with van der Waals surface area (Å²) in [5, 5.41) is 4.00. The number of rotatable bonds is 4. The first-order valence-corrected chi connectivity index (χ1v) is 6.24. The van der Waals surface area contributed by atoms with Crippen molar-refractivity contribution in [2.75, 3.05) is 0 Å². The van der Waals surface area contributed by atoms with Crippen LogP contribution in [-0.2, 0) is 18.4 Å². The Morgan fingerprint density at radius 1 is 1.35 bits per heavy atom. The van der Waals surface area contributed by atoms with Gasteiger partial charge in [0.1, 0.15) is 12.2 Å². The van der Waals surface area contributed by atoms with Crippen LogP contribution in [0.25, 0.3) is 0 Å². The maximum atomic E-state index is 11.9. The van der Waals surface area contributed by atoms with E-state index in [9.17, 15) is 9.59 Å². The highest BCUT2D eigenvalue weighted by molar-refractivity contribution is 5.94. The van der Waals surface area contributed by atoms with Gasteiger partial charge in [0, 0.05) is 18.3 Å². The molecule has 1 aromatic heterocycles. The molecule has 2 rings (SSSR count). The van der Waals surface area contributed by atoms with Crippen LogP contribution in [0.1, 0.15) is 38.9 Å². The molecule has 1 heterocycles. The van der Waals surface area contributed by atoms with Crippen molar-refractivity contribution in [1.29, 1.82) is 0 Å². The van der Waals surface area contributed by atoms with Gasteiger partial charge in [0.25, 0.3) is 0 Å². The number of carbonyl (C=O) groups is 2. The van der Waals surface area contributed by atoms with Gasteiger partial charge in [-0.25, -0.2) is 4.79 Å². The second kappa shape index (κ2) is 5.69. The summed E-state index contributed by atoms with van der Waals surface area (Å²) < 4.78 is 6.86. The second-order valence-corrected chi connectivity index (χ2v) is 4.60. The third-order valence-corrected chi connectivity index (χ3v) is 3.16. The minimum absolute atomic E-state index is 0.0127. The number of ether oxygens (including phenoxy) is 1. The number of aryl methyl sites for hydroxylation is 1. The first-order valence-electron chi connectivity index (χ1n) is 6.24. The Morgan fingerprint density at radius 3 is 2.70 bits per heavy atom. The van der Waals surface area contributed by atoms with Gasteiger partial charge in [-0.2, -0.15) is 5.10 Å². The zero-order chi connectivity index (χ0) is 14.7. The highest BCUT2D eigenvalue weighted by Crippen LogP contribution is 2.11. The average molecular weight is 272 g/mol. The van der Waals surface area contributed by atoms with E-state index >= 15 is 0 Å². The molecule has 0 fully saturated rings. The SMILES string of the molecule is CC(=O)c1cccc(COC(=O)c2cnn(C)c2C)c1. The van der Waals surface area contributed by atoms with Gasteiger partial charge in [-0.3, -0.25) is 9.48 Å². The zero-order valence-electron chi connectivity index (χ0n) is 11.7. The molecule has 0 saturated carbocycles. The van der Waals surface area contributed by atoms with Crippen LogP contribution < -0.4 is 0 Å². The smallest absolute Gasteiger partial charge is 0.341 e. The topological polar surface area (TPSA) is 61.2 Å². The molecule has 0 saturated heterocycles. The maximum Gasteiger partial charge on any atom is 0.341 e. The first kappa shape index (κ1) is 14.0. The van der Waals surface area contributed by atoms with E-state index < -0.39 is 5.97 Å². The standard InChI is InChI=1S/C15H16N2O3/c1-10-14(8-16-17(10)3)15(19)20-9-12-5-4-6-13(7-12)11(2)18/h4-8H,9H2,1-3H3. The Hall–Kier alpha value is -2.43. The average Bonchev–Trinajstić information content (AvgIpc) is 2.77. The monoisotopic (exact) mass is 272 g/mol. The number of hydrogen-bond acceptors (Lipinski definition) is 4. The maximum absolute atomic E-state index is 11.9. The number of aromatic nitrogens is 2. The lowest BCUT2D eigenvalue weighted by Crippen LogP contribution is -2.07. The molecule has 5 nitrogen and oxygen atoms in total. The van der Waals surface area contributed by atoms with Crippen LogP contribution >= 0.6 is 0 Å². The van der Waals surface area contributed by atoms with Crippen LogP contribution in [0.5, 0.6) is 0 Å². The molecule has 0 atom stereocenters. The zero-order valence-corrected chi connectivity index (χ0v) is 11.7. The van der Waals surface area contributed by atoms with Crippen LogP contribution in [0.3, 0.4) is 0 Å². The number of benzene rings is 1. The van der Waals surface area contributed by atoms with E-state index in [4.69, 9.17) is 4.74 Å². The number of esters is 1. The lowest BCUT2D eigenvalue weighted by atomic mass is 10.1. The van der Waals surface area contributed by atoms with Crippen molar-refractivity contribution in [1.82, 2.24) is 9.78 Å². The molecule has 0 N–H and O–H groups in total. The van der Waals surface area contributed by atoms with Gasteiger partial charge >= 0.3 is 5.97 Å². The predicted molar refractivity (Wildman–Crippen MR) is 73.5 cm³/mol. The third kappa shape index (κ3) is 2.93. The van der Waals surface area contributed by atoms with E-state index in [-0.39, 0.29) is 12.4 Å². The fourth-order valence-corrected chi connectivity index (χ4v) is 1.81. The molecule has 1 aromatic carbocycles. The number of ketones is 1. The van der Waals surface area contributed by atoms with Gasteiger partial charge < -0.3 is 4.74 Å². The van der Waals surface area contributed by atoms with Gasteiger partial charge in [-0.1, -0.05) is 18.2 Å². The fraction of sp³-hybridized carbons (Fsp3) is 0.267. The fourth-order valence-electron chi connectivity index (χ4n) is 1.81. The van der Waals surface area contributed by atoms with Crippen molar-refractivity contribution in [3.05, 3.63) is 52.8 Å². The minimum Gasteiger partial charge on any atom is -0.457 e. The lowest BCUT2D eigenvalue weighted by molar-refractivity contribution is 0.0471. The van der Waals surface area contributed by atoms with E-state index in [0.717, 1.165) is 11.3 Å². The molecule has 0 bridgehead atoms. The summed E-state index contributed by atoms with van der Waals surface area (Å²) in [4.78, 5) is 23.2. The Bertz CT molecular complexity index is 659. The van der Waals surface area contributed by atoms with Gasteiger partial charge in [0.2, 0.25) is 0 Å². The summed E-state index contributed by atoms with van der Waals surface area (Å²) >= 11 is 0. The van der Waals surface area contributed by atoms with Crippen molar-refractivity contribution in [2.45, 2.75) is 20.5 Å². The van der Waals surface area contributed by atoms with Gasteiger partial charge in [-0.15, -0.1) is 0 Å². The highest BCUT2D eigenvalue weighted by atomic mass is 16.5. The van der Waals surface area contributed by atoms with E-state index in [1.807, 2.05) is 6.07 Å². The van der Waals surface area contributed by atoms with E-state index in [1.165, 1.54) is 13.1 Å². The largest absolute Gasteiger partial charge is 0.457 e. The third-order valence-electron chi connectivity index (χ3n) is 3.16. The van der Waals surface area contributed by atoms with Crippen molar-refractivity contribution >= 4 is 11.8 Å². The van der Waals surface area contributed by atoms with Crippen LogP contribution in [0.15, 0.2) is 30.5 Å². The van der Waals surface area contributed by atoms with Crippen LogP contribution in [0, 0.1) is 6.92 Å². The first-order chi connectivity index (χ1) is 9.49. The molecule has 0 aliphatic heterocycles. The molecule has 0 amide bonds. The molecule has 104 valence electrons. The normalized spacial score (nSPS) is 10.3. The molecular formula is C15H16N2O3. The summed E-state index contributed by atoms with van der Waals surface area (Å²) in [6.07, 6.45) is 1.49. The molecule has 20 heavy (non-hydrogen) atoms. The van der Waals surface area contributed by atoms with Crippen molar-refractivity contribution in [2.24, 2.45) is 7.05 Å². The van der Waals surface area contributed by atoms with E-state index in [0.29, 0.717) is 11.1 Å². The molecule has 5 heteroatoms. The molecule has 0 radical (unpaired) electrons. The molecule has 0 aliphatic carbocycles. The highest BCUT2D eigenvalue weighted by Gasteiger charge is 2.14. The van der Waals surface area contributed by atoms with Gasteiger partial charge in [0.15, 0.2) is 5.78 Å². The Morgan fingerprint density at radius 2 is 2.10 bits per heavy atom. The van der Waals surface area contributed by atoms with Crippen LogP contribution in [-0.4, -0.2) is 21.5 Å². The number of nitrogens with zero attached hydrogens (tertiary/aromatic N) is 2. The van der Waals surface area contributed by atoms with Crippen molar-refractivity contribution < 1.29 is 14.3 Å². The number of Topliss-reactive ketones (excluding diaryl/α,β-unsaturated/α-hetero) is 1. The summed E-state index contributed by atoms with van der Waals surface area (Å²) in [5.41, 5.74) is 2.60. The van der Waals surface area contributed by atoms with Crippen molar-refractivity contribution in [3.63, 3.8) is 0 Å². The summed E-state index contributed by atoms with van der Waals surface area (Å²) in [6.45, 7) is 3.44. The predicted octanol–water partition coefficient (Wildman–Crippen LogP) is 2.29. The molecule has 0 aliphatic rings. The number of hydrogen-bond donors (Lipinski definition) is 0. The molecule has 0 spiro atoms. The van der Waals surface area contributed by atoms with Gasteiger partial charge in [-0.05, 0) is 25.5 Å². The van der Waals surface area contributed by atoms with E-state index in [1.54, 1.807) is 36.9 Å². The van der Waals surface area contributed by atoms with Crippen LogP contribution in [0.2, 0.25) is 0 Å². The number of carbonyl (C=O) groups excluding carboxylic acids is 2. The van der Waals surface area contributed by atoms with Gasteiger partial charge in [0.05, 0.1) is 6.20 Å². The Balaban J connectivity index is 2.05. The van der Waals surface area contributed by atoms with E-state index in [2.05, 4.69) is 5.10 Å². The summed E-state index contributed by atoms with van der Waals surface area (Å²) in [6, 6.07) is 7.05. The second-order valence-electron chi connectivity index (χ2n) is 4.60. The minimum atomic E-state index is -0.413. The lowest BCUT2D eigenvalue weighted by Gasteiger charge is -2.05. The molecule has 2 aromatic rings. The summed E-state index contributed by atoms with van der Waals surface area (Å²) in [5.74, 6) is -0.426. The van der Waals surface area contributed by atoms with Crippen molar-refractivity contribution in [3.8, 4) is 0 Å². The molecule has 0 unspecified atom stereocenters.